The number of benzene rings is 3. The number of rotatable bonds is 5. The third-order valence-corrected chi connectivity index (χ3v) is 8.19. The van der Waals surface area contributed by atoms with Crippen LogP contribution >= 0.6 is 0 Å². The summed E-state index contributed by atoms with van der Waals surface area (Å²) in [4.78, 5) is 47.4. The average molecular weight is 497 g/mol. The zero-order chi connectivity index (χ0) is 25.4. The van der Waals surface area contributed by atoms with Gasteiger partial charge in [0, 0.05) is 80.5 Å². The molecule has 0 unspecified atom stereocenters. The van der Waals surface area contributed by atoms with E-state index in [0.717, 1.165) is 68.4 Å². The Hall–Kier alpha value is -3.55. The van der Waals surface area contributed by atoms with Gasteiger partial charge in [0.25, 0.3) is 17.7 Å². The summed E-state index contributed by atoms with van der Waals surface area (Å²) >= 11 is 0. The molecule has 190 valence electrons. The quantitative estimate of drug-likeness (QED) is 0.507. The zero-order valence-corrected chi connectivity index (χ0v) is 21.0. The average Bonchev–Trinajstić information content (AvgIpc) is 2.96. The summed E-state index contributed by atoms with van der Waals surface area (Å²) in [6, 6.07) is 21.3. The van der Waals surface area contributed by atoms with E-state index in [4.69, 9.17) is 0 Å². The van der Waals surface area contributed by atoms with Crippen LogP contribution in [-0.4, -0.2) is 95.7 Å². The minimum absolute atomic E-state index is 0.129. The smallest absolute Gasteiger partial charge is 0.261 e. The minimum Gasteiger partial charge on any atom is -0.339 e. The van der Waals surface area contributed by atoms with E-state index in [0.29, 0.717) is 30.3 Å². The first-order valence-electron chi connectivity index (χ1n) is 13.3. The van der Waals surface area contributed by atoms with E-state index in [-0.39, 0.29) is 17.7 Å². The van der Waals surface area contributed by atoms with Gasteiger partial charge in [-0.05, 0) is 42.5 Å². The molecule has 0 atom stereocenters. The molecule has 0 radical (unpaired) electrons. The number of piperidine rings is 1. The monoisotopic (exact) mass is 496 g/mol. The van der Waals surface area contributed by atoms with Crippen LogP contribution < -0.4 is 0 Å². The van der Waals surface area contributed by atoms with Crippen LogP contribution in [0.5, 0.6) is 0 Å². The molecule has 3 aliphatic rings. The standard InChI is InChI=1S/C30H32N4O3/c35-28(23-6-2-1-3-7-23)33-14-12-24(13-15-33)32-19-16-31(17-20-32)18-21-34-29(36)25-10-4-8-22-9-5-11-26(27(22)25)30(34)37/h1-11,24H,12-21H2. The number of likely N-dealkylation sites (tertiary alicyclic amines) is 1. The highest BCUT2D eigenvalue weighted by Crippen LogP contribution is 2.30. The Labute approximate surface area is 217 Å². The molecular weight excluding hydrogens is 464 g/mol. The van der Waals surface area contributed by atoms with E-state index >= 15 is 0 Å². The molecule has 0 aliphatic carbocycles. The van der Waals surface area contributed by atoms with Crippen LogP contribution in [0, 0.1) is 0 Å². The number of piperazine rings is 1. The highest BCUT2D eigenvalue weighted by Gasteiger charge is 2.34. The largest absolute Gasteiger partial charge is 0.339 e. The van der Waals surface area contributed by atoms with Gasteiger partial charge in [-0.3, -0.25) is 29.1 Å². The number of carbonyl (C=O) groups excluding carboxylic acids is 3. The van der Waals surface area contributed by atoms with Crippen molar-refractivity contribution < 1.29 is 14.4 Å². The second kappa shape index (κ2) is 10.1. The van der Waals surface area contributed by atoms with Gasteiger partial charge in [-0.15, -0.1) is 0 Å². The van der Waals surface area contributed by atoms with Crippen LogP contribution in [-0.2, 0) is 0 Å². The van der Waals surface area contributed by atoms with Gasteiger partial charge in [-0.2, -0.15) is 0 Å². The predicted molar refractivity (Wildman–Crippen MR) is 143 cm³/mol. The van der Waals surface area contributed by atoms with Gasteiger partial charge in [-0.25, -0.2) is 0 Å². The molecule has 3 aromatic rings. The molecule has 0 aromatic heterocycles. The lowest BCUT2D eigenvalue weighted by molar-refractivity contribution is 0.0442. The molecule has 0 N–H and O–H groups in total. The maximum absolute atomic E-state index is 13.2. The molecule has 3 aromatic carbocycles. The molecule has 7 nitrogen and oxygen atoms in total. The Balaban J connectivity index is 1.00. The fourth-order valence-electron chi connectivity index (χ4n) is 6.07. The number of hydrogen-bond acceptors (Lipinski definition) is 5. The van der Waals surface area contributed by atoms with Crippen molar-refractivity contribution in [3.05, 3.63) is 83.4 Å². The van der Waals surface area contributed by atoms with Crippen molar-refractivity contribution >= 4 is 28.5 Å². The van der Waals surface area contributed by atoms with Crippen LogP contribution in [0.1, 0.15) is 43.9 Å². The molecule has 0 bridgehead atoms. The van der Waals surface area contributed by atoms with Crippen molar-refractivity contribution in [2.24, 2.45) is 0 Å². The highest BCUT2D eigenvalue weighted by atomic mass is 16.2. The molecule has 2 fully saturated rings. The topological polar surface area (TPSA) is 64.2 Å². The number of hydrogen-bond donors (Lipinski definition) is 0. The lowest BCUT2D eigenvalue weighted by atomic mass is 9.94. The summed E-state index contributed by atoms with van der Waals surface area (Å²) in [6.45, 7) is 6.48. The van der Waals surface area contributed by atoms with Crippen molar-refractivity contribution in [1.82, 2.24) is 19.6 Å². The first kappa shape index (κ1) is 23.8. The summed E-state index contributed by atoms with van der Waals surface area (Å²) in [7, 11) is 0. The van der Waals surface area contributed by atoms with Gasteiger partial charge in [0.15, 0.2) is 0 Å². The van der Waals surface area contributed by atoms with Crippen molar-refractivity contribution in [3.63, 3.8) is 0 Å². The third-order valence-electron chi connectivity index (χ3n) is 8.19. The van der Waals surface area contributed by atoms with Crippen molar-refractivity contribution in [2.45, 2.75) is 18.9 Å². The van der Waals surface area contributed by atoms with E-state index in [2.05, 4.69) is 9.80 Å². The van der Waals surface area contributed by atoms with Crippen LogP contribution in [0.3, 0.4) is 0 Å². The third kappa shape index (κ3) is 4.54. The lowest BCUT2D eigenvalue weighted by Gasteiger charge is -2.43. The lowest BCUT2D eigenvalue weighted by Crippen LogP contribution is -2.55. The van der Waals surface area contributed by atoms with Crippen molar-refractivity contribution in [1.29, 1.82) is 0 Å². The fourth-order valence-corrected chi connectivity index (χ4v) is 6.07. The van der Waals surface area contributed by atoms with E-state index in [1.807, 2.05) is 71.6 Å². The first-order chi connectivity index (χ1) is 18.1. The Morgan fingerprint density at radius 3 is 1.95 bits per heavy atom. The van der Waals surface area contributed by atoms with Crippen molar-refractivity contribution in [2.75, 3.05) is 52.4 Å². The SMILES string of the molecule is O=C(c1ccccc1)N1CCC(N2CCN(CCN3C(=O)c4cccc5cccc(c45)C3=O)CC2)CC1. The molecule has 37 heavy (non-hydrogen) atoms. The summed E-state index contributed by atoms with van der Waals surface area (Å²) < 4.78 is 0. The maximum Gasteiger partial charge on any atom is 0.261 e. The number of nitrogens with zero attached hydrogens (tertiary/aromatic N) is 4. The zero-order valence-electron chi connectivity index (χ0n) is 21.0. The molecule has 0 spiro atoms. The molecule has 3 amide bonds. The first-order valence-corrected chi connectivity index (χ1v) is 13.3. The Morgan fingerprint density at radius 1 is 0.703 bits per heavy atom. The van der Waals surface area contributed by atoms with Crippen LogP contribution in [0.25, 0.3) is 10.8 Å². The molecule has 3 aliphatic heterocycles. The molecule has 7 heteroatoms. The fraction of sp³-hybridized carbons (Fsp3) is 0.367. The highest BCUT2D eigenvalue weighted by molar-refractivity contribution is 6.25. The molecule has 2 saturated heterocycles. The number of amides is 3. The van der Waals surface area contributed by atoms with E-state index in [9.17, 15) is 14.4 Å². The number of carbonyl (C=O) groups is 3. The van der Waals surface area contributed by atoms with Gasteiger partial charge in [0.1, 0.15) is 0 Å². The molecule has 0 saturated carbocycles. The van der Waals surface area contributed by atoms with E-state index in [1.54, 1.807) is 0 Å². The maximum atomic E-state index is 13.2. The Morgan fingerprint density at radius 2 is 1.32 bits per heavy atom. The minimum atomic E-state index is -0.190. The molecular formula is C30H32N4O3. The van der Waals surface area contributed by atoms with Crippen LogP contribution in [0.15, 0.2) is 66.7 Å². The normalized spacial score (nSPS) is 19.6. The van der Waals surface area contributed by atoms with Crippen molar-refractivity contribution in [3.8, 4) is 0 Å². The molecule has 3 heterocycles. The summed E-state index contributed by atoms with van der Waals surface area (Å²) in [6.07, 6.45) is 2.00. The number of imide groups is 1. The second-order valence-corrected chi connectivity index (χ2v) is 10.2. The van der Waals surface area contributed by atoms with Crippen LogP contribution in [0.4, 0.5) is 0 Å². The predicted octanol–water partition coefficient (Wildman–Crippen LogP) is 3.36. The second-order valence-electron chi connectivity index (χ2n) is 10.2. The summed E-state index contributed by atoms with van der Waals surface area (Å²) in [5, 5.41) is 1.71. The molecule has 6 rings (SSSR count). The van der Waals surface area contributed by atoms with Gasteiger partial charge in [-0.1, -0.05) is 42.5 Å². The Kier molecular flexibility index (Phi) is 6.49. The van der Waals surface area contributed by atoms with Gasteiger partial charge in [0.2, 0.25) is 0 Å². The van der Waals surface area contributed by atoms with Gasteiger partial charge in [0.05, 0.1) is 0 Å². The summed E-state index contributed by atoms with van der Waals surface area (Å²) in [5.74, 6) is -0.251. The summed E-state index contributed by atoms with van der Waals surface area (Å²) in [5.41, 5.74) is 2.00. The van der Waals surface area contributed by atoms with Gasteiger partial charge >= 0.3 is 0 Å². The van der Waals surface area contributed by atoms with Crippen LogP contribution in [0.2, 0.25) is 0 Å². The van der Waals surface area contributed by atoms with E-state index < -0.39 is 0 Å². The Bertz CT molecular complexity index is 1270. The van der Waals surface area contributed by atoms with E-state index in [1.165, 1.54) is 4.90 Å². The van der Waals surface area contributed by atoms with Gasteiger partial charge < -0.3 is 4.90 Å².